The molecule has 2 N–H and O–H groups in total. The highest BCUT2D eigenvalue weighted by Crippen LogP contribution is 2.27. The largest absolute Gasteiger partial charge is 0.350 e. The van der Waals surface area contributed by atoms with E-state index in [1.165, 1.54) is 5.56 Å². The maximum Gasteiger partial charge on any atom is 0.253 e. The second-order valence-electron chi connectivity index (χ2n) is 7.90. The molecular weight excluding hydrogens is 366 g/mol. The van der Waals surface area contributed by atoms with Gasteiger partial charge in [-0.3, -0.25) is 19.2 Å². The number of piperidine rings is 1. The lowest BCUT2D eigenvalue weighted by atomic mass is 9.91. The zero-order valence-corrected chi connectivity index (χ0v) is 17.5. The van der Waals surface area contributed by atoms with Crippen molar-refractivity contribution in [3.8, 4) is 0 Å². The Bertz CT molecular complexity index is 837. The van der Waals surface area contributed by atoms with Gasteiger partial charge in [0.1, 0.15) is 0 Å². The Balaban J connectivity index is 1.52. The first-order chi connectivity index (χ1) is 14.0. The number of likely N-dealkylation sites (tertiary alicyclic amines) is 1. The van der Waals surface area contributed by atoms with Gasteiger partial charge >= 0.3 is 0 Å². The Morgan fingerprint density at radius 2 is 1.93 bits per heavy atom. The second-order valence-corrected chi connectivity index (χ2v) is 7.90. The maximum atomic E-state index is 12.6. The summed E-state index contributed by atoms with van der Waals surface area (Å²) in [6, 6.07) is 7.16. The molecule has 0 spiro atoms. The molecule has 7 nitrogen and oxygen atoms in total. The summed E-state index contributed by atoms with van der Waals surface area (Å²) in [5, 5.41) is 10.2. The summed E-state index contributed by atoms with van der Waals surface area (Å²) in [4.78, 5) is 27.1. The minimum Gasteiger partial charge on any atom is -0.350 e. The summed E-state index contributed by atoms with van der Waals surface area (Å²) < 4.78 is 1.96. The number of para-hydroxylation sites is 1. The monoisotopic (exact) mass is 397 g/mol. The van der Waals surface area contributed by atoms with Crippen LogP contribution in [0.1, 0.15) is 55.5 Å². The van der Waals surface area contributed by atoms with Crippen LogP contribution in [0.5, 0.6) is 0 Å². The Labute approximate surface area is 172 Å². The van der Waals surface area contributed by atoms with Gasteiger partial charge in [0.15, 0.2) is 0 Å². The normalized spacial score (nSPS) is 15.4. The third kappa shape index (κ3) is 5.67. The van der Waals surface area contributed by atoms with Gasteiger partial charge in [0, 0.05) is 18.8 Å². The van der Waals surface area contributed by atoms with Gasteiger partial charge in [-0.05, 0) is 70.3 Å². The van der Waals surface area contributed by atoms with Crippen LogP contribution in [-0.2, 0) is 11.3 Å². The lowest BCUT2D eigenvalue weighted by molar-refractivity contribution is -0.117. The molecule has 0 aliphatic carbocycles. The van der Waals surface area contributed by atoms with Crippen molar-refractivity contribution in [1.82, 2.24) is 20.0 Å². The van der Waals surface area contributed by atoms with Crippen molar-refractivity contribution in [2.45, 2.75) is 52.1 Å². The summed E-state index contributed by atoms with van der Waals surface area (Å²) in [7, 11) is 0. The molecule has 1 aromatic heterocycles. The van der Waals surface area contributed by atoms with Crippen LogP contribution in [0.3, 0.4) is 0 Å². The van der Waals surface area contributed by atoms with Crippen molar-refractivity contribution < 1.29 is 9.59 Å². The van der Waals surface area contributed by atoms with Gasteiger partial charge in [0.2, 0.25) is 5.91 Å². The summed E-state index contributed by atoms with van der Waals surface area (Å²) in [5.41, 5.74) is 2.33. The van der Waals surface area contributed by atoms with Crippen molar-refractivity contribution in [2.75, 3.05) is 25.0 Å². The zero-order valence-electron chi connectivity index (χ0n) is 17.5. The van der Waals surface area contributed by atoms with Crippen LogP contribution in [0.2, 0.25) is 0 Å². The van der Waals surface area contributed by atoms with Crippen LogP contribution in [0.4, 0.5) is 5.69 Å². The van der Waals surface area contributed by atoms with Crippen molar-refractivity contribution in [1.29, 1.82) is 0 Å². The SMILES string of the molecule is CCn1cc(C2CCN(CC(=O)Nc3ccccc3C(=O)NC(C)C)CC2)cn1. The summed E-state index contributed by atoms with van der Waals surface area (Å²) in [6.07, 6.45) is 6.15. The number of hydrogen-bond acceptors (Lipinski definition) is 4. The molecule has 1 aliphatic rings. The predicted molar refractivity (Wildman–Crippen MR) is 114 cm³/mol. The van der Waals surface area contributed by atoms with Crippen molar-refractivity contribution in [2.24, 2.45) is 0 Å². The van der Waals surface area contributed by atoms with E-state index in [1.54, 1.807) is 18.2 Å². The highest BCUT2D eigenvalue weighted by atomic mass is 16.2. The Morgan fingerprint density at radius 3 is 2.59 bits per heavy atom. The summed E-state index contributed by atoms with van der Waals surface area (Å²) >= 11 is 0. The van der Waals surface area contributed by atoms with Gasteiger partial charge in [-0.15, -0.1) is 0 Å². The standard InChI is InChI=1S/C22H31N5O2/c1-4-27-14-18(13-23-27)17-9-11-26(12-10-17)15-21(28)25-20-8-6-5-7-19(20)22(29)24-16(2)3/h5-8,13-14,16-17H,4,9-12,15H2,1-3H3,(H,24,29)(H,25,28). The van der Waals surface area contributed by atoms with E-state index in [9.17, 15) is 9.59 Å². The molecule has 0 saturated carbocycles. The quantitative estimate of drug-likeness (QED) is 0.753. The molecule has 0 bridgehead atoms. The molecule has 0 unspecified atom stereocenters. The lowest BCUT2D eigenvalue weighted by Gasteiger charge is -2.31. The second kappa shape index (κ2) is 9.69. The lowest BCUT2D eigenvalue weighted by Crippen LogP contribution is -2.39. The first-order valence-electron chi connectivity index (χ1n) is 10.4. The molecule has 0 radical (unpaired) electrons. The van der Waals surface area contributed by atoms with Crippen molar-refractivity contribution in [3.63, 3.8) is 0 Å². The van der Waals surface area contributed by atoms with Crippen molar-refractivity contribution in [3.05, 3.63) is 47.8 Å². The van der Waals surface area contributed by atoms with Gasteiger partial charge in [-0.1, -0.05) is 12.1 Å². The maximum absolute atomic E-state index is 12.6. The number of carbonyl (C=O) groups excluding carboxylic acids is 2. The molecule has 1 aromatic carbocycles. The molecule has 2 aromatic rings. The van der Waals surface area contributed by atoms with Crippen LogP contribution in [0.15, 0.2) is 36.7 Å². The number of nitrogens with one attached hydrogen (secondary N) is 2. The van der Waals surface area contributed by atoms with Gasteiger partial charge in [0.25, 0.3) is 5.91 Å². The molecule has 1 saturated heterocycles. The molecule has 1 aliphatic heterocycles. The van der Waals surface area contributed by atoms with E-state index in [-0.39, 0.29) is 17.9 Å². The Hall–Kier alpha value is -2.67. The van der Waals surface area contributed by atoms with E-state index in [2.05, 4.69) is 33.8 Å². The summed E-state index contributed by atoms with van der Waals surface area (Å²) in [5.74, 6) is 0.242. The van der Waals surface area contributed by atoms with Crippen LogP contribution >= 0.6 is 0 Å². The molecule has 1 fully saturated rings. The third-order valence-electron chi connectivity index (χ3n) is 5.27. The van der Waals surface area contributed by atoms with Gasteiger partial charge in [0.05, 0.1) is 24.0 Å². The Morgan fingerprint density at radius 1 is 1.21 bits per heavy atom. The first-order valence-corrected chi connectivity index (χ1v) is 10.4. The smallest absolute Gasteiger partial charge is 0.253 e. The van der Waals surface area contributed by atoms with E-state index >= 15 is 0 Å². The number of carbonyl (C=O) groups is 2. The van der Waals surface area contributed by atoms with E-state index in [1.807, 2.05) is 30.8 Å². The molecule has 0 atom stereocenters. The molecule has 2 amide bonds. The number of amides is 2. The van der Waals surface area contributed by atoms with Crippen LogP contribution < -0.4 is 10.6 Å². The highest BCUT2D eigenvalue weighted by molar-refractivity contribution is 6.04. The third-order valence-corrected chi connectivity index (χ3v) is 5.27. The van der Waals surface area contributed by atoms with Gasteiger partial charge in [-0.25, -0.2) is 0 Å². The molecular formula is C22H31N5O2. The number of aryl methyl sites for hydroxylation is 1. The number of nitrogens with zero attached hydrogens (tertiary/aromatic N) is 3. The van der Waals surface area contributed by atoms with Crippen molar-refractivity contribution >= 4 is 17.5 Å². The highest BCUT2D eigenvalue weighted by Gasteiger charge is 2.23. The number of benzene rings is 1. The minimum absolute atomic E-state index is 0.0389. The Kier molecular flexibility index (Phi) is 7.04. The number of hydrogen-bond donors (Lipinski definition) is 2. The fourth-order valence-corrected chi connectivity index (χ4v) is 3.71. The van der Waals surface area contributed by atoms with E-state index in [0.717, 1.165) is 32.5 Å². The molecule has 29 heavy (non-hydrogen) atoms. The number of anilines is 1. The predicted octanol–water partition coefficient (Wildman–Crippen LogP) is 2.86. The molecule has 156 valence electrons. The average molecular weight is 398 g/mol. The summed E-state index contributed by atoms with van der Waals surface area (Å²) in [6.45, 7) is 8.89. The molecule has 3 rings (SSSR count). The van der Waals surface area contributed by atoms with Crippen LogP contribution in [0.25, 0.3) is 0 Å². The molecule has 2 heterocycles. The van der Waals surface area contributed by atoms with Gasteiger partial charge in [-0.2, -0.15) is 5.10 Å². The topological polar surface area (TPSA) is 79.3 Å². The average Bonchev–Trinajstić information content (AvgIpc) is 3.17. The van der Waals surface area contributed by atoms with Crippen LogP contribution in [0, 0.1) is 0 Å². The zero-order chi connectivity index (χ0) is 20.8. The van der Waals surface area contributed by atoms with E-state index < -0.39 is 0 Å². The number of rotatable bonds is 7. The fraction of sp³-hybridized carbons (Fsp3) is 0.500. The first kappa shape index (κ1) is 21.0. The van der Waals surface area contributed by atoms with Gasteiger partial charge < -0.3 is 10.6 Å². The van der Waals surface area contributed by atoms with E-state index in [4.69, 9.17) is 0 Å². The molecule has 7 heteroatoms. The van der Waals surface area contributed by atoms with Crippen LogP contribution in [-0.4, -0.2) is 52.2 Å². The van der Waals surface area contributed by atoms with E-state index in [0.29, 0.717) is 23.7 Å². The number of aromatic nitrogens is 2. The minimum atomic E-state index is -0.177. The fourth-order valence-electron chi connectivity index (χ4n) is 3.71.